The van der Waals surface area contributed by atoms with E-state index in [0.29, 0.717) is 0 Å². The maximum atomic E-state index is 12.7. The number of nitrogens with zero attached hydrogens (tertiary/aromatic N) is 1. The van der Waals surface area contributed by atoms with Gasteiger partial charge < -0.3 is 0 Å². The van der Waals surface area contributed by atoms with E-state index in [1.165, 1.54) is 11.6 Å². The van der Waals surface area contributed by atoms with Gasteiger partial charge in [0.05, 0.1) is 16.8 Å². The maximum absolute atomic E-state index is 12.7. The molecule has 1 aromatic heterocycles. The second-order valence-electron chi connectivity index (χ2n) is 5.11. The van der Waals surface area contributed by atoms with E-state index < -0.39 is 16.0 Å². The van der Waals surface area contributed by atoms with Crippen LogP contribution >= 0.6 is 0 Å². The van der Waals surface area contributed by atoms with Crippen LogP contribution in [0, 0.1) is 5.95 Å². The molecule has 1 heterocycles. The summed E-state index contributed by atoms with van der Waals surface area (Å²) in [5, 5.41) is 0. The lowest BCUT2D eigenvalue weighted by atomic mass is 9.92. The van der Waals surface area contributed by atoms with Crippen molar-refractivity contribution in [2.45, 2.75) is 30.6 Å². The molecule has 2 aromatic rings. The Labute approximate surface area is 123 Å². The van der Waals surface area contributed by atoms with Gasteiger partial charge in [-0.15, -0.1) is 0 Å². The van der Waals surface area contributed by atoms with Crippen LogP contribution in [-0.2, 0) is 22.9 Å². The van der Waals surface area contributed by atoms with Crippen molar-refractivity contribution in [1.82, 2.24) is 4.98 Å². The van der Waals surface area contributed by atoms with Crippen LogP contribution < -0.4 is 4.72 Å². The highest BCUT2D eigenvalue weighted by atomic mass is 32.2. The predicted molar refractivity (Wildman–Crippen MR) is 78.1 cm³/mol. The van der Waals surface area contributed by atoms with E-state index >= 15 is 0 Å². The number of aromatic nitrogens is 1. The molecule has 110 valence electrons. The quantitative estimate of drug-likeness (QED) is 0.887. The molecule has 0 bridgehead atoms. The number of hydrogen-bond donors (Lipinski definition) is 1. The van der Waals surface area contributed by atoms with Crippen molar-refractivity contribution in [1.29, 1.82) is 0 Å². The number of nitrogens with one attached hydrogen (secondary N) is 1. The van der Waals surface area contributed by atoms with Gasteiger partial charge in [0, 0.05) is 0 Å². The number of pyridine rings is 1. The molecular formula is C15H15FN2O2S. The number of sulfonamides is 1. The third-order valence-corrected chi connectivity index (χ3v) is 4.99. The van der Waals surface area contributed by atoms with Crippen LogP contribution in [0.25, 0.3) is 0 Å². The number of anilines is 1. The number of rotatable bonds is 3. The van der Waals surface area contributed by atoms with Crippen molar-refractivity contribution < 1.29 is 12.8 Å². The van der Waals surface area contributed by atoms with Crippen molar-refractivity contribution in [3.05, 3.63) is 53.6 Å². The second-order valence-corrected chi connectivity index (χ2v) is 6.80. The van der Waals surface area contributed by atoms with Crippen molar-refractivity contribution in [2.75, 3.05) is 4.72 Å². The Kier molecular flexibility index (Phi) is 3.63. The first-order chi connectivity index (χ1) is 10.0. The minimum Gasteiger partial charge on any atom is -0.278 e. The monoisotopic (exact) mass is 306 g/mol. The summed E-state index contributed by atoms with van der Waals surface area (Å²) in [5.41, 5.74) is 2.57. The second kappa shape index (κ2) is 5.44. The van der Waals surface area contributed by atoms with Gasteiger partial charge in [-0.25, -0.2) is 13.4 Å². The predicted octanol–water partition coefficient (Wildman–Crippen LogP) is 2.90. The van der Waals surface area contributed by atoms with Crippen LogP contribution in [0.3, 0.4) is 0 Å². The molecule has 0 unspecified atom stereocenters. The SMILES string of the molecule is O=S(=O)(Nc1ccc(F)nc1)c1ccc2c(c1)CCCC2. The Morgan fingerprint density at radius 3 is 2.52 bits per heavy atom. The van der Waals surface area contributed by atoms with Gasteiger partial charge in [0.1, 0.15) is 0 Å². The van der Waals surface area contributed by atoms with Crippen molar-refractivity contribution in [2.24, 2.45) is 0 Å². The molecule has 1 aromatic carbocycles. The average Bonchev–Trinajstić information content (AvgIpc) is 2.49. The molecule has 0 saturated heterocycles. The van der Waals surface area contributed by atoms with Crippen LogP contribution in [0.2, 0.25) is 0 Å². The smallest absolute Gasteiger partial charge is 0.261 e. The van der Waals surface area contributed by atoms with Crippen LogP contribution in [0.1, 0.15) is 24.0 Å². The van der Waals surface area contributed by atoms with Crippen LogP contribution in [0.5, 0.6) is 0 Å². The van der Waals surface area contributed by atoms with Gasteiger partial charge in [0.2, 0.25) is 5.95 Å². The molecule has 0 atom stereocenters. The summed E-state index contributed by atoms with van der Waals surface area (Å²) in [6.07, 6.45) is 5.32. The van der Waals surface area contributed by atoms with Gasteiger partial charge >= 0.3 is 0 Å². The molecule has 1 N–H and O–H groups in total. The average molecular weight is 306 g/mol. The molecule has 0 fully saturated rings. The van der Waals surface area contributed by atoms with Crippen molar-refractivity contribution >= 4 is 15.7 Å². The summed E-state index contributed by atoms with van der Waals surface area (Å²) in [7, 11) is -3.67. The topological polar surface area (TPSA) is 59.1 Å². The Bertz CT molecular complexity index is 758. The van der Waals surface area contributed by atoms with E-state index in [2.05, 4.69) is 9.71 Å². The number of aryl methyl sites for hydroxylation is 2. The van der Waals surface area contributed by atoms with E-state index in [4.69, 9.17) is 0 Å². The molecule has 0 aliphatic heterocycles. The zero-order valence-corrected chi connectivity index (χ0v) is 12.2. The molecule has 3 rings (SSSR count). The van der Waals surface area contributed by atoms with Gasteiger partial charge in [-0.1, -0.05) is 6.07 Å². The Hall–Kier alpha value is -1.95. The van der Waals surface area contributed by atoms with Crippen molar-refractivity contribution in [3.8, 4) is 0 Å². The summed E-state index contributed by atoms with van der Waals surface area (Å²) in [6.45, 7) is 0. The maximum Gasteiger partial charge on any atom is 0.261 e. The molecule has 4 nitrogen and oxygen atoms in total. The molecule has 6 heteroatoms. The number of halogens is 1. The minimum absolute atomic E-state index is 0.229. The fourth-order valence-corrected chi connectivity index (χ4v) is 3.62. The fraction of sp³-hybridized carbons (Fsp3) is 0.267. The molecular weight excluding hydrogens is 291 g/mol. The molecule has 1 aliphatic rings. The summed E-state index contributed by atoms with van der Waals surface area (Å²) in [5.74, 6) is -0.647. The summed E-state index contributed by atoms with van der Waals surface area (Å²) in [4.78, 5) is 3.66. The molecule has 0 spiro atoms. The Morgan fingerprint density at radius 1 is 1.05 bits per heavy atom. The largest absolute Gasteiger partial charge is 0.278 e. The first-order valence-electron chi connectivity index (χ1n) is 6.81. The van der Waals surface area contributed by atoms with E-state index in [1.807, 2.05) is 6.07 Å². The molecule has 0 radical (unpaired) electrons. The fourth-order valence-electron chi connectivity index (χ4n) is 2.53. The highest BCUT2D eigenvalue weighted by Gasteiger charge is 2.18. The van der Waals surface area contributed by atoms with E-state index in [9.17, 15) is 12.8 Å². The third kappa shape index (κ3) is 3.05. The zero-order chi connectivity index (χ0) is 14.9. The lowest BCUT2D eigenvalue weighted by Crippen LogP contribution is -2.14. The molecule has 0 saturated carbocycles. The van der Waals surface area contributed by atoms with E-state index in [1.54, 1.807) is 12.1 Å². The Balaban J connectivity index is 1.89. The standard InChI is InChI=1S/C15H15FN2O2S/c16-15-8-6-13(10-17-15)18-21(19,20)14-7-5-11-3-1-2-4-12(11)9-14/h5-10,18H,1-4H2. The van der Waals surface area contributed by atoms with Gasteiger partial charge in [-0.05, 0) is 61.1 Å². The zero-order valence-electron chi connectivity index (χ0n) is 11.3. The lowest BCUT2D eigenvalue weighted by molar-refractivity contribution is 0.583. The van der Waals surface area contributed by atoms with Gasteiger partial charge in [-0.3, -0.25) is 4.72 Å². The first-order valence-corrected chi connectivity index (χ1v) is 8.29. The molecule has 21 heavy (non-hydrogen) atoms. The first kappa shape index (κ1) is 14.0. The van der Waals surface area contributed by atoms with E-state index in [-0.39, 0.29) is 10.6 Å². The van der Waals surface area contributed by atoms with Crippen molar-refractivity contribution in [3.63, 3.8) is 0 Å². The minimum atomic E-state index is -3.67. The summed E-state index contributed by atoms with van der Waals surface area (Å²) < 4.78 is 39.8. The number of benzene rings is 1. The van der Waals surface area contributed by atoms with Crippen LogP contribution in [-0.4, -0.2) is 13.4 Å². The highest BCUT2D eigenvalue weighted by molar-refractivity contribution is 7.92. The van der Waals surface area contributed by atoms with Crippen LogP contribution in [0.15, 0.2) is 41.4 Å². The van der Waals surface area contributed by atoms with Gasteiger partial charge in [0.25, 0.3) is 10.0 Å². The number of fused-ring (bicyclic) bond motifs is 1. The molecule has 0 amide bonds. The molecule has 1 aliphatic carbocycles. The van der Waals surface area contributed by atoms with E-state index in [0.717, 1.165) is 43.5 Å². The summed E-state index contributed by atoms with van der Waals surface area (Å²) in [6, 6.07) is 7.69. The van der Waals surface area contributed by atoms with Gasteiger partial charge in [0.15, 0.2) is 0 Å². The third-order valence-electron chi connectivity index (χ3n) is 3.61. The highest BCUT2D eigenvalue weighted by Crippen LogP contribution is 2.25. The number of hydrogen-bond acceptors (Lipinski definition) is 3. The Morgan fingerprint density at radius 2 is 1.81 bits per heavy atom. The normalized spacial score (nSPS) is 14.5. The lowest BCUT2D eigenvalue weighted by Gasteiger charge is -2.17. The summed E-state index contributed by atoms with van der Waals surface area (Å²) >= 11 is 0. The van der Waals surface area contributed by atoms with Crippen LogP contribution in [0.4, 0.5) is 10.1 Å². The van der Waals surface area contributed by atoms with Gasteiger partial charge in [-0.2, -0.15) is 4.39 Å².